The first-order chi connectivity index (χ1) is 7.20. The zero-order chi connectivity index (χ0) is 11.5. The van der Waals surface area contributed by atoms with E-state index in [9.17, 15) is 4.79 Å². The fraction of sp³-hybridized carbons (Fsp3) is 0.909. The molecule has 1 unspecified atom stereocenters. The number of carbonyl (C=O) groups is 1. The molecule has 0 spiro atoms. The molecule has 0 aromatic rings. The minimum atomic E-state index is 0.0114. The van der Waals surface area contributed by atoms with Gasteiger partial charge in [-0.05, 0) is 25.3 Å². The first-order valence-electron chi connectivity index (χ1n) is 5.76. The second-order valence-corrected chi connectivity index (χ2v) is 3.85. The van der Waals surface area contributed by atoms with E-state index in [1.807, 2.05) is 0 Å². The molecule has 3 N–H and O–H groups in total. The fourth-order valence-corrected chi connectivity index (χ4v) is 1.57. The largest absolute Gasteiger partial charge is 0.396 e. The predicted molar refractivity (Wildman–Crippen MR) is 61.7 cm³/mol. The highest BCUT2D eigenvalue weighted by atomic mass is 16.3. The van der Waals surface area contributed by atoms with E-state index in [2.05, 4.69) is 17.6 Å². The zero-order valence-corrected chi connectivity index (χ0v) is 9.88. The Kier molecular flexibility index (Phi) is 9.52. The molecule has 0 aliphatic rings. The standard InChI is InChI=1S/C11H24N2O2/c1-3-4-11(5-8-14)9-12-6-7-13-10(2)15/h11-12,14H,3-9H2,1-2H3,(H,13,15). The van der Waals surface area contributed by atoms with Crippen LogP contribution < -0.4 is 10.6 Å². The lowest BCUT2D eigenvalue weighted by Crippen LogP contribution is -2.33. The number of hydrogen-bond acceptors (Lipinski definition) is 3. The molecule has 0 aromatic carbocycles. The van der Waals surface area contributed by atoms with Crippen LogP contribution in [0.4, 0.5) is 0 Å². The van der Waals surface area contributed by atoms with Crippen LogP contribution in [0.15, 0.2) is 0 Å². The van der Waals surface area contributed by atoms with Crippen LogP contribution in [0.2, 0.25) is 0 Å². The number of hydrogen-bond donors (Lipinski definition) is 3. The summed E-state index contributed by atoms with van der Waals surface area (Å²) in [6.45, 7) is 6.33. The summed E-state index contributed by atoms with van der Waals surface area (Å²) < 4.78 is 0. The number of aliphatic hydroxyl groups excluding tert-OH is 1. The zero-order valence-electron chi connectivity index (χ0n) is 9.88. The molecular formula is C11H24N2O2. The van der Waals surface area contributed by atoms with E-state index in [0.717, 1.165) is 32.4 Å². The third-order valence-electron chi connectivity index (χ3n) is 2.34. The highest BCUT2D eigenvalue weighted by Crippen LogP contribution is 2.08. The van der Waals surface area contributed by atoms with Gasteiger partial charge in [0.1, 0.15) is 0 Å². The molecule has 1 atom stereocenters. The fourth-order valence-electron chi connectivity index (χ4n) is 1.57. The van der Waals surface area contributed by atoms with E-state index in [1.54, 1.807) is 0 Å². The number of carbonyl (C=O) groups excluding carboxylic acids is 1. The quantitative estimate of drug-likeness (QED) is 0.492. The van der Waals surface area contributed by atoms with Gasteiger partial charge in [0, 0.05) is 26.6 Å². The van der Waals surface area contributed by atoms with E-state index in [0.29, 0.717) is 12.5 Å². The van der Waals surface area contributed by atoms with Crippen molar-refractivity contribution in [2.75, 3.05) is 26.2 Å². The van der Waals surface area contributed by atoms with E-state index in [4.69, 9.17) is 5.11 Å². The van der Waals surface area contributed by atoms with Gasteiger partial charge < -0.3 is 15.7 Å². The maximum Gasteiger partial charge on any atom is 0.216 e. The Bertz CT molecular complexity index is 157. The van der Waals surface area contributed by atoms with Crippen LogP contribution in [0.5, 0.6) is 0 Å². The van der Waals surface area contributed by atoms with Gasteiger partial charge in [-0.2, -0.15) is 0 Å². The van der Waals surface area contributed by atoms with Crippen molar-refractivity contribution in [3.8, 4) is 0 Å². The molecule has 0 fully saturated rings. The van der Waals surface area contributed by atoms with E-state index in [1.165, 1.54) is 6.92 Å². The van der Waals surface area contributed by atoms with Gasteiger partial charge >= 0.3 is 0 Å². The van der Waals surface area contributed by atoms with Gasteiger partial charge in [-0.1, -0.05) is 13.3 Å². The molecule has 15 heavy (non-hydrogen) atoms. The van der Waals surface area contributed by atoms with Crippen molar-refractivity contribution in [3.63, 3.8) is 0 Å². The maximum atomic E-state index is 10.6. The highest BCUT2D eigenvalue weighted by molar-refractivity contribution is 5.72. The average Bonchev–Trinajstić information content (AvgIpc) is 2.17. The molecule has 0 aromatic heterocycles. The summed E-state index contributed by atoms with van der Waals surface area (Å²) >= 11 is 0. The first kappa shape index (κ1) is 14.4. The van der Waals surface area contributed by atoms with Gasteiger partial charge in [0.05, 0.1) is 0 Å². The second kappa shape index (κ2) is 9.93. The van der Waals surface area contributed by atoms with Gasteiger partial charge in [0.2, 0.25) is 5.91 Å². The van der Waals surface area contributed by atoms with Gasteiger partial charge in [-0.3, -0.25) is 4.79 Å². The van der Waals surface area contributed by atoms with E-state index in [-0.39, 0.29) is 12.5 Å². The molecule has 0 rings (SSSR count). The average molecular weight is 216 g/mol. The Labute approximate surface area is 92.4 Å². The summed E-state index contributed by atoms with van der Waals surface area (Å²) in [6.07, 6.45) is 3.16. The Hall–Kier alpha value is -0.610. The summed E-state index contributed by atoms with van der Waals surface area (Å²) in [4.78, 5) is 10.6. The molecule has 4 heteroatoms. The third kappa shape index (κ3) is 9.69. The molecule has 0 radical (unpaired) electrons. The predicted octanol–water partition coefficient (Wildman–Crippen LogP) is 0.511. The van der Waals surface area contributed by atoms with Crippen molar-refractivity contribution >= 4 is 5.91 Å². The summed E-state index contributed by atoms with van der Waals surface area (Å²) in [5, 5.41) is 14.9. The van der Waals surface area contributed by atoms with Gasteiger partial charge in [0.25, 0.3) is 0 Å². The lowest BCUT2D eigenvalue weighted by molar-refractivity contribution is -0.118. The van der Waals surface area contributed by atoms with Crippen molar-refractivity contribution in [2.45, 2.75) is 33.1 Å². The first-order valence-corrected chi connectivity index (χ1v) is 5.76. The number of amides is 1. The number of rotatable bonds is 9. The third-order valence-corrected chi connectivity index (χ3v) is 2.34. The van der Waals surface area contributed by atoms with Crippen LogP contribution in [0.1, 0.15) is 33.1 Å². The van der Waals surface area contributed by atoms with Crippen molar-refractivity contribution < 1.29 is 9.90 Å². The Morgan fingerprint density at radius 3 is 2.60 bits per heavy atom. The topological polar surface area (TPSA) is 61.4 Å². The molecular weight excluding hydrogens is 192 g/mol. The minimum absolute atomic E-state index is 0.0114. The van der Waals surface area contributed by atoms with Gasteiger partial charge in [-0.15, -0.1) is 0 Å². The summed E-state index contributed by atoms with van der Waals surface area (Å²) in [5.74, 6) is 0.564. The van der Waals surface area contributed by atoms with Crippen molar-refractivity contribution in [2.24, 2.45) is 5.92 Å². The molecule has 0 bridgehead atoms. The second-order valence-electron chi connectivity index (χ2n) is 3.85. The normalized spacial score (nSPS) is 12.5. The molecule has 0 aliphatic heterocycles. The monoisotopic (exact) mass is 216 g/mol. The van der Waals surface area contributed by atoms with E-state index >= 15 is 0 Å². The molecule has 0 saturated heterocycles. The maximum absolute atomic E-state index is 10.6. The molecule has 0 saturated carbocycles. The van der Waals surface area contributed by atoms with E-state index < -0.39 is 0 Å². The molecule has 1 amide bonds. The van der Waals surface area contributed by atoms with Crippen LogP contribution in [0.3, 0.4) is 0 Å². The lowest BCUT2D eigenvalue weighted by Gasteiger charge is -2.15. The van der Waals surface area contributed by atoms with Crippen molar-refractivity contribution in [1.82, 2.24) is 10.6 Å². The van der Waals surface area contributed by atoms with Crippen LogP contribution in [0, 0.1) is 5.92 Å². The Morgan fingerprint density at radius 1 is 1.33 bits per heavy atom. The smallest absolute Gasteiger partial charge is 0.216 e. The summed E-state index contributed by atoms with van der Waals surface area (Å²) in [7, 11) is 0. The Balaban J connectivity index is 3.39. The SMILES string of the molecule is CCCC(CCO)CNCCNC(C)=O. The summed E-state index contributed by atoms with van der Waals surface area (Å²) in [5.41, 5.74) is 0. The number of nitrogens with one attached hydrogen (secondary N) is 2. The van der Waals surface area contributed by atoms with Crippen LogP contribution in [-0.4, -0.2) is 37.3 Å². The van der Waals surface area contributed by atoms with Crippen LogP contribution >= 0.6 is 0 Å². The Morgan fingerprint density at radius 2 is 2.07 bits per heavy atom. The highest BCUT2D eigenvalue weighted by Gasteiger charge is 2.05. The number of aliphatic hydroxyl groups is 1. The molecule has 4 nitrogen and oxygen atoms in total. The lowest BCUT2D eigenvalue weighted by atomic mass is 10.0. The molecule has 90 valence electrons. The minimum Gasteiger partial charge on any atom is -0.396 e. The summed E-state index contributed by atoms with van der Waals surface area (Å²) in [6, 6.07) is 0. The van der Waals surface area contributed by atoms with Crippen molar-refractivity contribution in [3.05, 3.63) is 0 Å². The van der Waals surface area contributed by atoms with Crippen LogP contribution in [0.25, 0.3) is 0 Å². The van der Waals surface area contributed by atoms with Crippen LogP contribution in [-0.2, 0) is 4.79 Å². The molecule has 0 aliphatic carbocycles. The molecule has 0 heterocycles. The van der Waals surface area contributed by atoms with Crippen molar-refractivity contribution in [1.29, 1.82) is 0 Å². The van der Waals surface area contributed by atoms with Gasteiger partial charge in [0.15, 0.2) is 0 Å². The van der Waals surface area contributed by atoms with Gasteiger partial charge in [-0.25, -0.2) is 0 Å².